The molecule has 1 aliphatic carbocycles. The number of methoxy groups -OCH3 is 1. The molecule has 1 aromatic carbocycles. The molecule has 1 aromatic rings. The average molecular weight is 432 g/mol. The van der Waals surface area contributed by atoms with Crippen LogP contribution in [-0.2, 0) is 19.1 Å². The van der Waals surface area contributed by atoms with E-state index in [2.05, 4.69) is 5.32 Å². The molecule has 1 fully saturated rings. The van der Waals surface area contributed by atoms with Crippen molar-refractivity contribution in [3.63, 3.8) is 0 Å². The molecule has 2 atom stereocenters. The fourth-order valence-electron chi connectivity index (χ4n) is 4.47. The summed E-state index contributed by atoms with van der Waals surface area (Å²) in [6, 6.07) is 5.38. The van der Waals surface area contributed by atoms with E-state index in [9.17, 15) is 9.59 Å². The molecule has 2 unspecified atom stereocenters. The van der Waals surface area contributed by atoms with Crippen molar-refractivity contribution in [1.82, 2.24) is 5.32 Å². The quantitative estimate of drug-likeness (QED) is 0.709. The zero-order chi connectivity index (χ0) is 21.3. The second kappa shape index (κ2) is 8.82. The molecule has 0 saturated carbocycles. The summed E-state index contributed by atoms with van der Waals surface area (Å²) in [4.78, 5) is 26.1. The first-order chi connectivity index (χ1) is 14.5. The Hall–Kier alpha value is -2.31. The fraction of sp³-hybridized carbons (Fsp3) is 0.478. The van der Waals surface area contributed by atoms with Crippen LogP contribution in [0, 0.1) is 0 Å². The number of hydrogen-bond acceptors (Lipinski definition) is 6. The molecule has 0 aromatic heterocycles. The molecule has 1 saturated heterocycles. The van der Waals surface area contributed by atoms with Crippen LogP contribution in [0.3, 0.4) is 0 Å². The van der Waals surface area contributed by atoms with Gasteiger partial charge in [0.05, 0.1) is 23.8 Å². The van der Waals surface area contributed by atoms with Crippen LogP contribution in [0.2, 0.25) is 5.02 Å². The van der Waals surface area contributed by atoms with E-state index < -0.39 is 11.9 Å². The van der Waals surface area contributed by atoms with Gasteiger partial charge in [0.2, 0.25) is 0 Å². The van der Waals surface area contributed by atoms with E-state index in [-0.39, 0.29) is 18.5 Å². The average Bonchev–Trinajstić information content (AvgIpc) is 3.25. The van der Waals surface area contributed by atoms with Crippen molar-refractivity contribution in [2.75, 3.05) is 20.3 Å². The molecular formula is C23H26ClNO5. The van der Waals surface area contributed by atoms with Gasteiger partial charge in [0.25, 0.3) is 0 Å². The van der Waals surface area contributed by atoms with E-state index in [0.29, 0.717) is 40.6 Å². The molecule has 0 radical (unpaired) electrons. The number of ether oxygens (including phenoxy) is 3. The third kappa shape index (κ3) is 3.98. The van der Waals surface area contributed by atoms with Gasteiger partial charge in [-0.3, -0.25) is 4.79 Å². The first-order valence-electron chi connectivity index (χ1n) is 10.4. The van der Waals surface area contributed by atoms with Gasteiger partial charge in [-0.25, -0.2) is 4.79 Å². The van der Waals surface area contributed by atoms with Crippen molar-refractivity contribution in [1.29, 1.82) is 0 Å². The number of dihydropyridines is 1. The Kier molecular flexibility index (Phi) is 6.16. The number of esters is 1. The molecule has 6 nitrogen and oxygen atoms in total. The summed E-state index contributed by atoms with van der Waals surface area (Å²) in [6.07, 6.45) is 3.84. The third-order valence-electron chi connectivity index (χ3n) is 5.93. The van der Waals surface area contributed by atoms with Gasteiger partial charge in [-0.2, -0.15) is 0 Å². The minimum Gasteiger partial charge on any atom is -0.495 e. The van der Waals surface area contributed by atoms with Gasteiger partial charge in [0.1, 0.15) is 12.4 Å². The van der Waals surface area contributed by atoms with Gasteiger partial charge >= 0.3 is 5.97 Å². The second-order valence-electron chi connectivity index (χ2n) is 7.89. The van der Waals surface area contributed by atoms with E-state index in [0.717, 1.165) is 36.9 Å². The van der Waals surface area contributed by atoms with Crippen LogP contribution in [0.15, 0.2) is 40.7 Å². The van der Waals surface area contributed by atoms with E-state index in [1.807, 2.05) is 13.0 Å². The molecule has 4 rings (SSSR count). The lowest BCUT2D eigenvalue weighted by Crippen LogP contribution is -2.35. The first-order valence-corrected chi connectivity index (χ1v) is 10.7. The van der Waals surface area contributed by atoms with Crippen molar-refractivity contribution < 1.29 is 23.8 Å². The number of halogens is 1. The van der Waals surface area contributed by atoms with Gasteiger partial charge in [0, 0.05) is 35.9 Å². The van der Waals surface area contributed by atoms with Crippen LogP contribution < -0.4 is 10.1 Å². The molecule has 3 aliphatic rings. The molecule has 0 spiro atoms. The molecule has 0 amide bonds. The van der Waals surface area contributed by atoms with Crippen molar-refractivity contribution >= 4 is 23.4 Å². The highest BCUT2D eigenvalue weighted by molar-refractivity contribution is 6.32. The Morgan fingerprint density at radius 2 is 2.13 bits per heavy atom. The highest BCUT2D eigenvalue weighted by Gasteiger charge is 2.39. The molecule has 2 heterocycles. The van der Waals surface area contributed by atoms with Gasteiger partial charge in [-0.1, -0.05) is 17.7 Å². The van der Waals surface area contributed by atoms with Gasteiger partial charge in [-0.05, 0) is 50.3 Å². The number of allylic oxidation sites excluding steroid dienone is 3. The summed E-state index contributed by atoms with van der Waals surface area (Å²) in [7, 11) is 1.55. The highest BCUT2D eigenvalue weighted by Crippen LogP contribution is 2.44. The Labute approximate surface area is 181 Å². The predicted molar refractivity (Wildman–Crippen MR) is 112 cm³/mol. The lowest BCUT2D eigenvalue weighted by atomic mass is 9.75. The first kappa shape index (κ1) is 20.9. The molecule has 7 heteroatoms. The van der Waals surface area contributed by atoms with E-state index in [4.69, 9.17) is 25.8 Å². The topological polar surface area (TPSA) is 73.9 Å². The lowest BCUT2D eigenvalue weighted by molar-refractivity contribution is -0.142. The summed E-state index contributed by atoms with van der Waals surface area (Å²) < 4.78 is 16.5. The van der Waals surface area contributed by atoms with Gasteiger partial charge < -0.3 is 19.5 Å². The maximum atomic E-state index is 13.2. The Morgan fingerprint density at radius 1 is 1.30 bits per heavy atom. The summed E-state index contributed by atoms with van der Waals surface area (Å²) in [6.45, 7) is 2.76. The molecule has 2 aliphatic heterocycles. The van der Waals surface area contributed by atoms with Crippen LogP contribution in [0.25, 0.3) is 0 Å². The number of ketones is 1. The monoisotopic (exact) mass is 431 g/mol. The summed E-state index contributed by atoms with van der Waals surface area (Å²) >= 11 is 6.38. The zero-order valence-corrected chi connectivity index (χ0v) is 18.0. The van der Waals surface area contributed by atoms with Crippen LogP contribution in [0.5, 0.6) is 5.75 Å². The molecule has 160 valence electrons. The minimum absolute atomic E-state index is 0.0533. The summed E-state index contributed by atoms with van der Waals surface area (Å²) in [5.74, 6) is -0.355. The molecule has 30 heavy (non-hydrogen) atoms. The van der Waals surface area contributed by atoms with Gasteiger partial charge in [-0.15, -0.1) is 0 Å². The Bertz CT molecular complexity index is 930. The van der Waals surface area contributed by atoms with Crippen LogP contribution in [0.4, 0.5) is 0 Å². The van der Waals surface area contributed by atoms with Gasteiger partial charge in [0.15, 0.2) is 5.78 Å². The maximum absolute atomic E-state index is 13.2. The Balaban J connectivity index is 1.71. The highest BCUT2D eigenvalue weighted by atomic mass is 35.5. The number of benzene rings is 1. The normalized spacial score (nSPS) is 23.9. The van der Waals surface area contributed by atoms with Crippen LogP contribution in [0.1, 0.15) is 50.5 Å². The third-order valence-corrected chi connectivity index (χ3v) is 6.22. The van der Waals surface area contributed by atoms with E-state index in [1.165, 1.54) is 0 Å². The molecule has 1 N–H and O–H groups in total. The number of rotatable bonds is 5. The SMILES string of the molecule is COc1ccc(C2C(C(=O)OCC3CCCO3)=C(C)NC3=C2C(=O)CCC3)cc1Cl. The van der Waals surface area contributed by atoms with Crippen LogP contribution >= 0.6 is 11.6 Å². The largest absolute Gasteiger partial charge is 0.495 e. The number of nitrogens with one attached hydrogen (secondary N) is 1. The van der Waals surface area contributed by atoms with E-state index >= 15 is 0 Å². The summed E-state index contributed by atoms with van der Waals surface area (Å²) in [5, 5.41) is 3.73. The molecule has 0 bridgehead atoms. The van der Waals surface area contributed by atoms with Crippen molar-refractivity contribution in [2.45, 2.75) is 51.0 Å². The molecular weight excluding hydrogens is 406 g/mol. The van der Waals surface area contributed by atoms with Crippen molar-refractivity contribution in [2.24, 2.45) is 0 Å². The zero-order valence-electron chi connectivity index (χ0n) is 17.3. The fourth-order valence-corrected chi connectivity index (χ4v) is 4.74. The minimum atomic E-state index is -0.519. The predicted octanol–water partition coefficient (Wildman–Crippen LogP) is 4.04. The van der Waals surface area contributed by atoms with Crippen molar-refractivity contribution in [3.05, 3.63) is 51.3 Å². The number of carbonyl (C=O) groups is 2. The lowest BCUT2D eigenvalue weighted by Gasteiger charge is -2.34. The number of carbonyl (C=O) groups excluding carboxylic acids is 2. The smallest absolute Gasteiger partial charge is 0.336 e. The number of Topliss-reactive ketones (excluding diaryl/α,β-unsaturated/α-hetero) is 1. The van der Waals surface area contributed by atoms with Crippen LogP contribution in [-0.4, -0.2) is 38.2 Å². The van der Waals surface area contributed by atoms with E-state index in [1.54, 1.807) is 19.2 Å². The summed E-state index contributed by atoms with van der Waals surface area (Å²) in [5.41, 5.74) is 3.45. The number of hydrogen-bond donors (Lipinski definition) is 1. The Morgan fingerprint density at radius 3 is 2.83 bits per heavy atom. The van der Waals surface area contributed by atoms with Crippen molar-refractivity contribution in [3.8, 4) is 5.75 Å². The maximum Gasteiger partial charge on any atom is 0.336 e. The second-order valence-corrected chi connectivity index (χ2v) is 8.30. The standard InChI is InChI=1S/C23H26ClNO5/c1-13-20(23(27)30-12-15-5-4-10-29-15)21(14-8-9-19(28-2)16(24)11-14)22-17(25-13)6-3-7-18(22)26/h8-9,11,15,21,25H,3-7,10,12H2,1-2H3.